The molecule has 0 bridgehead atoms. The van der Waals surface area contributed by atoms with Gasteiger partial charge >= 0.3 is 0 Å². The quantitative estimate of drug-likeness (QED) is 0.597. The van der Waals surface area contributed by atoms with Crippen molar-refractivity contribution in [3.63, 3.8) is 0 Å². The molecule has 1 aliphatic heterocycles. The van der Waals surface area contributed by atoms with E-state index >= 15 is 0 Å². The smallest absolute Gasteiger partial charge is 0.0622 e. The zero-order valence-electron chi connectivity index (χ0n) is 8.76. The van der Waals surface area contributed by atoms with E-state index in [-0.39, 0.29) is 0 Å². The summed E-state index contributed by atoms with van der Waals surface area (Å²) in [6.45, 7) is 12.0. The van der Waals surface area contributed by atoms with Crippen LogP contribution in [0, 0.1) is 0 Å². The van der Waals surface area contributed by atoms with Gasteiger partial charge in [-0.1, -0.05) is 6.92 Å². The van der Waals surface area contributed by atoms with E-state index in [1.807, 2.05) is 0 Å². The maximum atomic E-state index is 5.46. The number of nitrogens with zero attached hydrogens (tertiary/aromatic N) is 1. The second-order valence-corrected chi connectivity index (χ2v) is 4.50. The molecule has 0 aliphatic carbocycles. The molecule has 0 N–H and O–H groups in total. The van der Waals surface area contributed by atoms with Crippen LogP contribution in [0.5, 0.6) is 0 Å². The van der Waals surface area contributed by atoms with Crippen LogP contribution in [0.4, 0.5) is 0 Å². The van der Waals surface area contributed by atoms with Gasteiger partial charge in [-0.3, -0.25) is 4.90 Å². The van der Waals surface area contributed by atoms with E-state index < -0.39 is 0 Å². The molecule has 0 radical (unpaired) electrons. The third-order valence-electron chi connectivity index (χ3n) is 2.56. The summed E-state index contributed by atoms with van der Waals surface area (Å²) in [5, 5.41) is 0. The number of morpholine rings is 1. The lowest BCUT2D eigenvalue weighted by Crippen LogP contribution is -2.54. The Morgan fingerprint density at radius 1 is 1.42 bits per heavy atom. The van der Waals surface area contributed by atoms with E-state index in [0.29, 0.717) is 11.6 Å². The Labute approximate surface area is 75.9 Å². The molecule has 2 heteroatoms. The summed E-state index contributed by atoms with van der Waals surface area (Å²) in [4.78, 5) is 2.55. The van der Waals surface area contributed by atoms with Gasteiger partial charge in [0.15, 0.2) is 0 Å². The van der Waals surface area contributed by atoms with E-state index in [2.05, 4.69) is 32.6 Å². The Morgan fingerprint density at radius 3 is 2.50 bits per heavy atom. The normalized spacial score (nSPS) is 27.5. The third kappa shape index (κ3) is 2.20. The van der Waals surface area contributed by atoms with Crippen molar-refractivity contribution in [2.45, 2.75) is 45.7 Å². The van der Waals surface area contributed by atoms with Crippen molar-refractivity contribution < 1.29 is 4.74 Å². The molecule has 1 saturated heterocycles. The summed E-state index contributed by atoms with van der Waals surface area (Å²) in [7, 11) is 0. The average molecular weight is 171 g/mol. The van der Waals surface area contributed by atoms with Gasteiger partial charge in [-0.2, -0.15) is 0 Å². The Balaban J connectivity index is 2.59. The zero-order chi connectivity index (χ0) is 9.19. The molecule has 0 aromatic heterocycles. The van der Waals surface area contributed by atoms with Crippen LogP contribution in [-0.2, 0) is 4.74 Å². The molecule has 0 spiro atoms. The lowest BCUT2D eigenvalue weighted by molar-refractivity contribution is -0.0500. The van der Waals surface area contributed by atoms with Gasteiger partial charge in [-0.15, -0.1) is 0 Å². The number of hydrogen-bond donors (Lipinski definition) is 0. The number of hydrogen-bond acceptors (Lipinski definition) is 2. The largest absolute Gasteiger partial charge is 0.378 e. The molecule has 1 rings (SSSR count). The third-order valence-corrected chi connectivity index (χ3v) is 2.56. The molecular weight excluding hydrogens is 150 g/mol. The summed E-state index contributed by atoms with van der Waals surface area (Å²) in [5.74, 6) is 0. The van der Waals surface area contributed by atoms with Crippen LogP contribution in [0.1, 0.15) is 34.1 Å². The molecule has 0 amide bonds. The van der Waals surface area contributed by atoms with Gasteiger partial charge in [0.05, 0.1) is 13.2 Å². The van der Waals surface area contributed by atoms with Crippen LogP contribution < -0.4 is 0 Å². The zero-order valence-corrected chi connectivity index (χ0v) is 8.76. The SMILES string of the molecule is CC[C@H]1COCCN1C(C)(C)C. The van der Waals surface area contributed by atoms with E-state index in [0.717, 1.165) is 19.8 Å². The van der Waals surface area contributed by atoms with Crippen LogP contribution in [0.15, 0.2) is 0 Å². The first-order valence-electron chi connectivity index (χ1n) is 4.90. The van der Waals surface area contributed by atoms with Crippen LogP contribution in [0.25, 0.3) is 0 Å². The minimum absolute atomic E-state index is 0.296. The summed E-state index contributed by atoms with van der Waals surface area (Å²) >= 11 is 0. The molecule has 0 aromatic carbocycles. The molecule has 1 aliphatic rings. The van der Waals surface area contributed by atoms with E-state index in [1.54, 1.807) is 0 Å². The van der Waals surface area contributed by atoms with Crippen molar-refractivity contribution in [1.29, 1.82) is 0 Å². The van der Waals surface area contributed by atoms with Crippen molar-refractivity contribution in [2.24, 2.45) is 0 Å². The van der Waals surface area contributed by atoms with E-state index in [9.17, 15) is 0 Å². The predicted octanol–water partition coefficient (Wildman–Crippen LogP) is 1.90. The highest BCUT2D eigenvalue weighted by molar-refractivity contribution is 4.84. The van der Waals surface area contributed by atoms with Crippen molar-refractivity contribution in [3.8, 4) is 0 Å². The fourth-order valence-corrected chi connectivity index (χ4v) is 1.88. The van der Waals surface area contributed by atoms with Gasteiger partial charge in [0.25, 0.3) is 0 Å². The molecule has 1 atom stereocenters. The molecule has 1 fully saturated rings. The van der Waals surface area contributed by atoms with Gasteiger partial charge in [-0.05, 0) is 27.2 Å². The number of rotatable bonds is 1. The monoisotopic (exact) mass is 171 g/mol. The van der Waals surface area contributed by atoms with E-state index in [4.69, 9.17) is 4.74 Å². The highest BCUT2D eigenvalue weighted by Crippen LogP contribution is 2.21. The standard InChI is InChI=1S/C10H21NO/c1-5-9-8-12-7-6-11(9)10(2,3)4/h9H,5-8H2,1-4H3/t9-/m0/s1. The van der Waals surface area contributed by atoms with Crippen molar-refractivity contribution in [2.75, 3.05) is 19.8 Å². The highest BCUT2D eigenvalue weighted by atomic mass is 16.5. The lowest BCUT2D eigenvalue weighted by Gasteiger charge is -2.44. The second kappa shape index (κ2) is 3.75. The van der Waals surface area contributed by atoms with Crippen molar-refractivity contribution in [1.82, 2.24) is 4.90 Å². The first-order chi connectivity index (χ1) is 5.55. The molecular formula is C10H21NO. The molecule has 0 aromatic rings. The Bertz CT molecular complexity index is 139. The maximum Gasteiger partial charge on any atom is 0.0622 e. The lowest BCUT2D eigenvalue weighted by atomic mass is 10.0. The maximum absolute atomic E-state index is 5.46. The Kier molecular flexibility index (Phi) is 3.13. The molecule has 2 nitrogen and oxygen atoms in total. The summed E-state index contributed by atoms with van der Waals surface area (Å²) in [6, 6.07) is 0.624. The first kappa shape index (κ1) is 10.0. The molecule has 12 heavy (non-hydrogen) atoms. The van der Waals surface area contributed by atoms with E-state index in [1.165, 1.54) is 6.42 Å². The summed E-state index contributed by atoms with van der Waals surface area (Å²) in [5.41, 5.74) is 0.296. The van der Waals surface area contributed by atoms with Crippen LogP contribution in [0.3, 0.4) is 0 Å². The van der Waals surface area contributed by atoms with Gasteiger partial charge in [0.1, 0.15) is 0 Å². The summed E-state index contributed by atoms with van der Waals surface area (Å²) < 4.78 is 5.46. The van der Waals surface area contributed by atoms with Crippen molar-refractivity contribution >= 4 is 0 Å². The second-order valence-electron chi connectivity index (χ2n) is 4.50. The summed E-state index contributed by atoms with van der Waals surface area (Å²) in [6.07, 6.45) is 1.19. The van der Waals surface area contributed by atoms with Crippen LogP contribution in [0.2, 0.25) is 0 Å². The van der Waals surface area contributed by atoms with Gasteiger partial charge in [0.2, 0.25) is 0 Å². The molecule has 0 unspecified atom stereocenters. The van der Waals surface area contributed by atoms with Crippen LogP contribution >= 0.6 is 0 Å². The molecule has 0 saturated carbocycles. The highest BCUT2D eigenvalue weighted by Gasteiger charge is 2.30. The number of ether oxygens (including phenoxy) is 1. The predicted molar refractivity (Wildman–Crippen MR) is 51.4 cm³/mol. The van der Waals surface area contributed by atoms with Gasteiger partial charge in [-0.25, -0.2) is 0 Å². The van der Waals surface area contributed by atoms with Gasteiger partial charge in [0, 0.05) is 18.1 Å². The minimum atomic E-state index is 0.296. The average Bonchev–Trinajstić information content (AvgIpc) is 2.03. The van der Waals surface area contributed by atoms with Gasteiger partial charge < -0.3 is 4.74 Å². The minimum Gasteiger partial charge on any atom is -0.378 e. The fraction of sp³-hybridized carbons (Fsp3) is 1.00. The molecule has 1 heterocycles. The topological polar surface area (TPSA) is 12.5 Å². The Morgan fingerprint density at radius 2 is 2.08 bits per heavy atom. The fourth-order valence-electron chi connectivity index (χ4n) is 1.88. The van der Waals surface area contributed by atoms with Crippen molar-refractivity contribution in [3.05, 3.63) is 0 Å². The Hall–Kier alpha value is -0.0800. The van der Waals surface area contributed by atoms with Crippen LogP contribution in [-0.4, -0.2) is 36.2 Å². The first-order valence-corrected chi connectivity index (χ1v) is 4.90. The molecule has 72 valence electrons.